The Morgan fingerprint density at radius 3 is 2.36 bits per heavy atom. The van der Waals surface area contributed by atoms with E-state index in [1.807, 2.05) is 48.5 Å². The lowest BCUT2D eigenvalue weighted by Gasteiger charge is -2.24. The number of methoxy groups -OCH3 is 1. The highest BCUT2D eigenvalue weighted by molar-refractivity contribution is 7.99. The van der Waals surface area contributed by atoms with Gasteiger partial charge >= 0.3 is 5.69 Å². The molecule has 0 radical (unpaired) electrons. The molecule has 2 heterocycles. The van der Waals surface area contributed by atoms with Crippen LogP contribution in [0.4, 0.5) is 11.5 Å². The first-order chi connectivity index (χ1) is 20.4. The van der Waals surface area contributed by atoms with Crippen LogP contribution in [0.3, 0.4) is 0 Å². The third kappa shape index (κ3) is 5.90. The lowest BCUT2D eigenvalue weighted by molar-refractivity contribution is -0.116. The van der Waals surface area contributed by atoms with Gasteiger partial charge in [-0.05, 0) is 29.8 Å². The lowest BCUT2D eigenvalue weighted by Crippen LogP contribution is -2.43. The first-order valence-electron chi connectivity index (χ1n) is 13.0. The highest BCUT2D eigenvalue weighted by atomic mass is 32.2. The topological polar surface area (TPSA) is 145 Å². The summed E-state index contributed by atoms with van der Waals surface area (Å²) in [5.41, 5.74) is 6.35. The monoisotopic (exact) mass is 584 g/mol. The molecule has 0 unspecified atom stereocenters. The van der Waals surface area contributed by atoms with Crippen LogP contribution in [-0.4, -0.2) is 51.0 Å². The van der Waals surface area contributed by atoms with Gasteiger partial charge in [-0.15, -0.1) is 0 Å². The molecule has 12 heteroatoms. The Bertz CT molecular complexity index is 1900. The van der Waals surface area contributed by atoms with Gasteiger partial charge in [0.25, 0.3) is 11.1 Å². The van der Waals surface area contributed by atoms with Gasteiger partial charge in [0.1, 0.15) is 5.82 Å². The molecule has 11 nitrogen and oxygen atoms in total. The summed E-state index contributed by atoms with van der Waals surface area (Å²) in [5, 5.41) is 0.750. The van der Waals surface area contributed by atoms with Crippen LogP contribution in [-0.2, 0) is 16.1 Å². The highest BCUT2D eigenvalue weighted by Gasteiger charge is 2.25. The number of hydrogen-bond acceptors (Lipinski definition) is 8. The van der Waals surface area contributed by atoms with Gasteiger partial charge < -0.3 is 15.4 Å². The van der Waals surface area contributed by atoms with Crippen molar-refractivity contribution in [1.29, 1.82) is 0 Å². The van der Waals surface area contributed by atoms with E-state index in [2.05, 4.69) is 9.97 Å². The van der Waals surface area contributed by atoms with Gasteiger partial charge in [-0.25, -0.2) is 9.78 Å². The third-order valence-electron chi connectivity index (χ3n) is 6.57. The number of ether oxygens (including phenoxy) is 1. The van der Waals surface area contributed by atoms with Crippen molar-refractivity contribution in [3.8, 4) is 5.69 Å². The number of nitrogens with zero attached hydrogens (tertiary/aromatic N) is 4. The maximum atomic E-state index is 13.7. The Morgan fingerprint density at radius 1 is 0.976 bits per heavy atom. The van der Waals surface area contributed by atoms with Gasteiger partial charge in [-0.2, -0.15) is 0 Å². The molecule has 214 valence electrons. The highest BCUT2D eigenvalue weighted by Crippen LogP contribution is 2.24. The molecule has 0 fully saturated rings. The molecule has 2 aromatic heterocycles. The van der Waals surface area contributed by atoms with Gasteiger partial charge in [0, 0.05) is 13.7 Å². The van der Waals surface area contributed by atoms with Crippen molar-refractivity contribution in [1.82, 2.24) is 19.1 Å². The molecule has 0 aliphatic carbocycles. The van der Waals surface area contributed by atoms with Crippen molar-refractivity contribution < 1.29 is 9.53 Å². The maximum absolute atomic E-state index is 13.7. The van der Waals surface area contributed by atoms with E-state index in [1.165, 1.54) is 21.1 Å². The molecule has 5 aromatic rings. The number of nitrogens with one attached hydrogen (secondary N) is 1. The molecule has 0 atom stereocenters. The number of hydrogen-bond donors (Lipinski definition) is 2. The number of amides is 1. The fraction of sp³-hybridized carbons (Fsp3) is 0.167. The first kappa shape index (κ1) is 28.6. The zero-order valence-corrected chi connectivity index (χ0v) is 23.5. The Kier molecular flexibility index (Phi) is 8.65. The molecule has 0 saturated heterocycles. The molecule has 42 heavy (non-hydrogen) atoms. The van der Waals surface area contributed by atoms with E-state index in [4.69, 9.17) is 10.5 Å². The van der Waals surface area contributed by atoms with E-state index < -0.39 is 17.2 Å². The van der Waals surface area contributed by atoms with Crippen molar-refractivity contribution in [2.75, 3.05) is 36.6 Å². The van der Waals surface area contributed by atoms with Crippen LogP contribution in [0.5, 0.6) is 0 Å². The molecule has 5 rings (SSSR count). The van der Waals surface area contributed by atoms with Crippen molar-refractivity contribution in [3.63, 3.8) is 0 Å². The average molecular weight is 585 g/mol. The molecule has 0 saturated carbocycles. The van der Waals surface area contributed by atoms with Crippen LogP contribution >= 0.6 is 11.8 Å². The van der Waals surface area contributed by atoms with E-state index in [-0.39, 0.29) is 42.5 Å². The van der Waals surface area contributed by atoms with Gasteiger partial charge in [0.15, 0.2) is 10.8 Å². The number of benzene rings is 3. The summed E-state index contributed by atoms with van der Waals surface area (Å²) in [6, 6.07) is 25.2. The Hall–Kier alpha value is -4.94. The number of carbonyl (C=O) groups excluding carboxylic acids is 1. The zero-order chi connectivity index (χ0) is 29.6. The Labute approximate surface area is 244 Å². The summed E-state index contributed by atoms with van der Waals surface area (Å²) in [6.45, 7) is 0.208. The molecule has 0 aliphatic heterocycles. The summed E-state index contributed by atoms with van der Waals surface area (Å²) >= 11 is 1.06. The molecule has 3 N–H and O–H groups in total. The average Bonchev–Trinajstić information content (AvgIpc) is 3.00. The number of nitrogens with two attached hydrogens (primary N) is 1. The Morgan fingerprint density at radius 2 is 1.64 bits per heavy atom. The zero-order valence-electron chi connectivity index (χ0n) is 22.7. The van der Waals surface area contributed by atoms with Crippen molar-refractivity contribution in [2.45, 2.75) is 11.7 Å². The SMILES string of the molecule is COCCN(C(=O)CSc1nc2ccccc2c(=O)n1-c1ccccc1)c1c(N)n(Cc2ccccc2)c(=O)[nH]c1=O. The number of rotatable bonds is 10. The van der Waals surface area contributed by atoms with Crippen LogP contribution < -0.4 is 27.4 Å². The second kappa shape index (κ2) is 12.7. The number of carbonyl (C=O) groups is 1. The normalized spacial score (nSPS) is 11.1. The van der Waals surface area contributed by atoms with E-state index in [0.717, 1.165) is 17.3 Å². The number of fused-ring (bicyclic) bond motifs is 1. The largest absolute Gasteiger partial charge is 0.383 e. The van der Waals surface area contributed by atoms with Gasteiger partial charge in [-0.1, -0.05) is 72.4 Å². The van der Waals surface area contributed by atoms with Crippen molar-refractivity contribution in [2.24, 2.45) is 0 Å². The number of anilines is 2. The van der Waals surface area contributed by atoms with E-state index in [1.54, 1.807) is 36.4 Å². The second-order valence-corrected chi connectivity index (χ2v) is 10.2. The van der Waals surface area contributed by atoms with Crippen LogP contribution in [0, 0.1) is 0 Å². The van der Waals surface area contributed by atoms with Crippen LogP contribution in [0.2, 0.25) is 0 Å². The number of nitrogen functional groups attached to an aromatic ring is 1. The minimum atomic E-state index is -0.790. The number of aromatic nitrogens is 4. The fourth-order valence-corrected chi connectivity index (χ4v) is 5.41. The summed E-state index contributed by atoms with van der Waals surface area (Å²) < 4.78 is 7.87. The van der Waals surface area contributed by atoms with Crippen molar-refractivity contribution in [3.05, 3.63) is 122 Å². The quantitative estimate of drug-likeness (QED) is 0.188. The number of thioether (sulfide) groups is 1. The molecular weight excluding hydrogens is 556 g/mol. The number of para-hydroxylation sites is 2. The van der Waals surface area contributed by atoms with E-state index in [9.17, 15) is 19.2 Å². The Balaban J connectivity index is 1.52. The van der Waals surface area contributed by atoms with Crippen LogP contribution in [0.1, 0.15) is 5.56 Å². The maximum Gasteiger partial charge on any atom is 0.330 e. The molecule has 0 aliphatic rings. The summed E-state index contributed by atoms with van der Waals surface area (Å²) in [5.74, 6) is -0.814. The summed E-state index contributed by atoms with van der Waals surface area (Å²) in [4.78, 5) is 61.1. The summed E-state index contributed by atoms with van der Waals surface area (Å²) in [6.07, 6.45) is 0. The molecule has 3 aromatic carbocycles. The standard InChI is InChI=1S/C30H28N6O5S/c1-41-17-16-34(25-26(31)35(29(40)33-27(25)38)18-20-10-4-2-5-11-20)24(37)19-42-30-32-23-15-9-8-14-22(23)28(39)36(30)21-12-6-3-7-13-21/h2-15H,16-19,31H2,1H3,(H,33,38,40). The van der Waals surface area contributed by atoms with E-state index in [0.29, 0.717) is 21.7 Å². The predicted octanol–water partition coefficient (Wildman–Crippen LogP) is 2.64. The molecule has 0 bridgehead atoms. The molecule has 0 spiro atoms. The first-order valence-corrected chi connectivity index (χ1v) is 14.0. The fourth-order valence-electron chi connectivity index (χ4n) is 4.52. The van der Waals surface area contributed by atoms with E-state index >= 15 is 0 Å². The van der Waals surface area contributed by atoms with Crippen LogP contribution in [0.25, 0.3) is 16.6 Å². The lowest BCUT2D eigenvalue weighted by atomic mass is 10.2. The molecular formula is C30H28N6O5S. The predicted molar refractivity (Wildman–Crippen MR) is 164 cm³/mol. The van der Waals surface area contributed by atoms with Gasteiger partial charge in [0.05, 0.1) is 35.5 Å². The third-order valence-corrected chi connectivity index (χ3v) is 7.50. The van der Waals surface area contributed by atoms with Crippen molar-refractivity contribution >= 4 is 40.1 Å². The van der Waals surface area contributed by atoms with Gasteiger partial charge in [0.2, 0.25) is 5.91 Å². The molecule has 1 amide bonds. The smallest absolute Gasteiger partial charge is 0.330 e. The minimum absolute atomic E-state index is 0.00333. The number of H-pyrrole nitrogens is 1. The second-order valence-electron chi connectivity index (χ2n) is 9.28. The summed E-state index contributed by atoms with van der Waals surface area (Å²) in [7, 11) is 1.47. The number of aromatic amines is 1. The minimum Gasteiger partial charge on any atom is -0.383 e. The van der Waals surface area contributed by atoms with Crippen LogP contribution in [0.15, 0.2) is 104 Å². The van der Waals surface area contributed by atoms with Gasteiger partial charge in [-0.3, -0.25) is 28.5 Å².